The molecule has 5 heteroatoms. The Morgan fingerprint density at radius 3 is 2.75 bits per heavy atom. The zero-order valence-electron chi connectivity index (χ0n) is 14.4. The molecule has 0 saturated carbocycles. The maximum absolute atomic E-state index is 12.5. The molecule has 1 aromatic carbocycles. The number of nitrogens with one attached hydrogen (secondary N) is 1. The molecular weight excluding hydrogens is 302 g/mol. The summed E-state index contributed by atoms with van der Waals surface area (Å²) < 4.78 is 5.32. The van der Waals surface area contributed by atoms with Crippen LogP contribution in [0.15, 0.2) is 30.3 Å². The van der Waals surface area contributed by atoms with Crippen LogP contribution in [-0.2, 0) is 16.1 Å². The van der Waals surface area contributed by atoms with Crippen LogP contribution >= 0.6 is 0 Å². The molecule has 1 aromatic rings. The second-order valence-corrected chi connectivity index (χ2v) is 7.08. The average molecular weight is 331 g/mol. The predicted octanol–water partition coefficient (Wildman–Crippen LogP) is 1.67. The number of amides is 1. The molecule has 5 nitrogen and oxygen atoms in total. The highest BCUT2D eigenvalue weighted by Gasteiger charge is 2.36. The quantitative estimate of drug-likeness (QED) is 0.861. The van der Waals surface area contributed by atoms with Gasteiger partial charge in [-0.3, -0.25) is 9.69 Å². The number of hydrogen-bond donors (Lipinski definition) is 2. The molecule has 3 rings (SSSR count). The van der Waals surface area contributed by atoms with Crippen molar-refractivity contribution in [2.45, 2.75) is 50.2 Å². The Balaban J connectivity index is 1.55. The first kappa shape index (κ1) is 17.4. The van der Waals surface area contributed by atoms with Crippen molar-refractivity contribution >= 4 is 5.91 Å². The molecule has 0 bridgehead atoms. The molecule has 2 fully saturated rings. The van der Waals surface area contributed by atoms with Gasteiger partial charge in [-0.2, -0.15) is 0 Å². The van der Waals surface area contributed by atoms with Crippen molar-refractivity contribution in [3.05, 3.63) is 35.9 Å². The van der Waals surface area contributed by atoms with E-state index >= 15 is 0 Å². The van der Waals surface area contributed by atoms with Gasteiger partial charge in [0.1, 0.15) is 0 Å². The average Bonchev–Trinajstić information content (AvgIpc) is 2.62. The van der Waals surface area contributed by atoms with Gasteiger partial charge in [0.15, 0.2) is 0 Å². The minimum atomic E-state index is -0.753. The van der Waals surface area contributed by atoms with Gasteiger partial charge in [0.2, 0.25) is 5.91 Å². The normalized spacial score (nSPS) is 24.5. The number of nitrogens with two attached hydrogens (primary N) is 1. The fourth-order valence-corrected chi connectivity index (χ4v) is 3.67. The zero-order chi connectivity index (χ0) is 16.8. The first-order chi connectivity index (χ1) is 11.7. The summed E-state index contributed by atoms with van der Waals surface area (Å²) in [6, 6.07) is 10.9. The van der Waals surface area contributed by atoms with E-state index in [1.54, 1.807) is 0 Å². The summed E-state index contributed by atoms with van der Waals surface area (Å²) in [5.41, 5.74) is 6.85. The van der Waals surface area contributed by atoms with Crippen molar-refractivity contribution in [1.82, 2.24) is 10.2 Å². The van der Waals surface area contributed by atoms with Crippen molar-refractivity contribution in [1.29, 1.82) is 0 Å². The molecule has 1 atom stereocenters. The van der Waals surface area contributed by atoms with E-state index in [0.29, 0.717) is 38.6 Å². The van der Waals surface area contributed by atoms with Crippen LogP contribution in [-0.4, -0.2) is 48.7 Å². The maximum Gasteiger partial charge on any atom is 0.240 e. The third-order valence-corrected chi connectivity index (χ3v) is 5.31. The first-order valence-electron chi connectivity index (χ1n) is 9.10. The summed E-state index contributed by atoms with van der Waals surface area (Å²) in [4.78, 5) is 15.0. The Morgan fingerprint density at radius 1 is 1.25 bits per heavy atom. The van der Waals surface area contributed by atoms with E-state index in [1.807, 2.05) is 6.07 Å². The summed E-state index contributed by atoms with van der Waals surface area (Å²) in [5, 5.41) is 3.12. The van der Waals surface area contributed by atoms with Crippen LogP contribution in [0.4, 0.5) is 0 Å². The Kier molecular flexibility index (Phi) is 5.87. The zero-order valence-corrected chi connectivity index (χ0v) is 14.4. The number of rotatable bonds is 5. The minimum Gasteiger partial charge on any atom is -0.381 e. The molecule has 0 aromatic heterocycles. The van der Waals surface area contributed by atoms with Crippen molar-refractivity contribution in [3.8, 4) is 0 Å². The summed E-state index contributed by atoms with van der Waals surface area (Å²) in [5.74, 6) is -0.0176. The number of carbonyl (C=O) groups excluding carboxylic acids is 1. The van der Waals surface area contributed by atoms with E-state index in [9.17, 15) is 4.79 Å². The van der Waals surface area contributed by atoms with E-state index < -0.39 is 5.54 Å². The molecule has 2 aliphatic heterocycles. The first-order valence-corrected chi connectivity index (χ1v) is 9.10. The highest BCUT2D eigenvalue weighted by Crippen LogP contribution is 2.21. The molecular formula is C19H29N3O2. The van der Waals surface area contributed by atoms with Crippen molar-refractivity contribution in [2.24, 2.45) is 5.73 Å². The lowest BCUT2D eigenvalue weighted by molar-refractivity contribution is -0.130. The van der Waals surface area contributed by atoms with Crippen molar-refractivity contribution < 1.29 is 9.53 Å². The second-order valence-electron chi connectivity index (χ2n) is 7.08. The molecule has 2 saturated heterocycles. The van der Waals surface area contributed by atoms with E-state index in [4.69, 9.17) is 10.5 Å². The van der Waals surface area contributed by atoms with E-state index in [1.165, 1.54) is 18.4 Å². The molecule has 1 amide bonds. The predicted molar refractivity (Wildman–Crippen MR) is 94.5 cm³/mol. The lowest BCUT2D eigenvalue weighted by Gasteiger charge is -2.37. The molecule has 2 heterocycles. The second kappa shape index (κ2) is 8.10. The Labute approximate surface area is 144 Å². The Bertz CT molecular complexity index is 529. The smallest absolute Gasteiger partial charge is 0.240 e. The number of carbonyl (C=O) groups is 1. The number of hydrogen-bond acceptors (Lipinski definition) is 4. The third kappa shape index (κ3) is 4.35. The van der Waals surface area contributed by atoms with Crippen LogP contribution < -0.4 is 11.1 Å². The SMILES string of the molecule is NC1(C(=O)NCC2CCCCN2Cc2ccccc2)CCOCC1. The van der Waals surface area contributed by atoms with Gasteiger partial charge in [-0.05, 0) is 37.8 Å². The van der Waals surface area contributed by atoms with Gasteiger partial charge in [-0.15, -0.1) is 0 Å². The van der Waals surface area contributed by atoms with Crippen LogP contribution in [0.3, 0.4) is 0 Å². The fourth-order valence-electron chi connectivity index (χ4n) is 3.67. The third-order valence-electron chi connectivity index (χ3n) is 5.31. The summed E-state index contributed by atoms with van der Waals surface area (Å²) in [6.45, 7) is 3.88. The lowest BCUT2D eigenvalue weighted by atomic mass is 9.90. The van der Waals surface area contributed by atoms with Crippen LogP contribution in [0.2, 0.25) is 0 Å². The van der Waals surface area contributed by atoms with Crippen molar-refractivity contribution in [2.75, 3.05) is 26.3 Å². The van der Waals surface area contributed by atoms with Gasteiger partial charge >= 0.3 is 0 Å². The van der Waals surface area contributed by atoms with Crippen LogP contribution in [0.5, 0.6) is 0 Å². The molecule has 0 aliphatic carbocycles. The van der Waals surface area contributed by atoms with Gasteiger partial charge in [-0.1, -0.05) is 36.8 Å². The molecule has 24 heavy (non-hydrogen) atoms. The van der Waals surface area contributed by atoms with Gasteiger partial charge in [0.05, 0.1) is 5.54 Å². The van der Waals surface area contributed by atoms with E-state index in [-0.39, 0.29) is 5.91 Å². The van der Waals surface area contributed by atoms with Gasteiger partial charge in [0.25, 0.3) is 0 Å². The summed E-state index contributed by atoms with van der Waals surface area (Å²) in [6.07, 6.45) is 4.81. The largest absolute Gasteiger partial charge is 0.381 e. The summed E-state index contributed by atoms with van der Waals surface area (Å²) in [7, 11) is 0. The molecule has 0 spiro atoms. The van der Waals surface area contributed by atoms with Crippen LogP contribution in [0.1, 0.15) is 37.7 Å². The molecule has 0 radical (unpaired) electrons. The Morgan fingerprint density at radius 2 is 2.00 bits per heavy atom. The molecule has 2 aliphatic rings. The van der Waals surface area contributed by atoms with Crippen LogP contribution in [0, 0.1) is 0 Å². The van der Waals surface area contributed by atoms with E-state index in [0.717, 1.165) is 19.5 Å². The number of nitrogens with zero attached hydrogens (tertiary/aromatic N) is 1. The fraction of sp³-hybridized carbons (Fsp3) is 0.632. The van der Waals surface area contributed by atoms with Crippen LogP contribution in [0.25, 0.3) is 0 Å². The minimum absolute atomic E-state index is 0.0176. The highest BCUT2D eigenvalue weighted by molar-refractivity contribution is 5.86. The number of ether oxygens (including phenoxy) is 1. The standard InChI is InChI=1S/C19H29N3O2/c20-19(9-12-24-13-10-19)18(23)21-14-17-8-4-5-11-22(17)15-16-6-2-1-3-7-16/h1-3,6-7,17H,4-5,8-15,20H2,(H,21,23). The monoisotopic (exact) mass is 331 g/mol. The van der Waals surface area contributed by atoms with Gasteiger partial charge < -0.3 is 15.8 Å². The number of likely N-dealkylation sites (tertiary alicyclic amines) is 1. The number of benzene rings is 1. The van der Waals surface area contributed by atoms with Gasteiger partial charge in [0, 0.05) is 32.3 Å². The topological polar surface area (TPSA) is 67.6 Å². The molecule has 3 N–H and O–H groups in total. The summed E-state index contributed by atoms with van der Waals surface area (Å²) >= 11 is 0. The van der Waals surface area contributed by atoms with Gasteiger partial charge in [-0.25, -0.2) is 0 Å². The molecule has 132 valence electrons. The number of piperidine rings is 1. The van der Waals surface area contributed by atoms with E-state index in [2.05, 4.69) is 34.5 Å². The maximum atomic E-state index is 12.5. The lowest BCUT2D eigenvalue weighted by Crippen LogP contribution is -2.58. The van der Waals surface area contributed by atoms with Crippen molar-refractivity contribution in [3.63, 3.8) is 0 Å². The molecule has 1 unspecified atom stereocenters. The Hall–Kier alpha value is -1.43. The highest BCUT2D eigenvalue weighted by atomic mass is 16.5.